The van der Waals surface area contributed by atoms with Crippen LogP contribution in [0.4, 0.5) is 10.8 Å². The van der Waals surface area contributed by atoms with Gasteiger partial charge in [-0.25, -0.2) is 13.4 Å². The average Bonchev–Trinajstić information content (AvgIpc) is 3.42. The van der Waals surface area contributed by atoms with Gasteiger partial charge in [0.25, 0.3) is 15.9 Å². The minimum atomic E-state index is -3.71. The van der Waals surface area contributed by atoms with Gasteiger partial charge in [0, 0.05) is 22.5 Å². The van der Waals surface area contributed by atoms with Crippen molar-refractivity contribution in [1.82, 2.24) is 4.98 Å². The van der Waals surface area contributed by atoms with E-state index in [0.29, 0.717) is 22.3 Å². The summed E-state index contributed by atoms with van der Waals surface area (Å²) >= 11 is 1.40. The zero-order valence-corrected chi connectivity index (χ0v) is 15.9. The summed E-state index contributed by atoms with van der Waals surface area (Å²) in [5, 5.41) is 5.30. The maximum absolute atomic E-state index is 12.5. The Hall–Kier alpha value is -2.71. The van der Waals surface area contributed by atoms with Gasteiger partial charge in [0.1, 0.15) is 0 Å². The van der Waals surface area contributed by atoms with E-state index in [-0.39, 0.29) is 10.8 Å². The number of carbonyl (C=O) groups excluding carboxylic acids is 1. The van der Waals surface area contributed by atoms with E-state index < -0.39 is 10.0 Å². The molecule has 0 aliphatic heterocycles. The number of carbonyl (C=O) groups is 1. The topological polar surface area (TPSA) is 88.2 Å². The van der Waals surface area contributed by atoms with E-state index in [9.17, 15) is 13.2 Å². The van der Waals surface area contributed by atoms with Gasteiger partial charge < -0.3 is 0 Å². The molecule has 0 bridgehead atoms. The molecule has 0 unspecified atom stereocenters. The molecule has 3 aromatic rings. The van der Waals surface area contributed by atoms with Gasteiger partial charge in [0.2, 0.25) is 0 Å². The third-order valence-corrected chi connectivity index (χ3v) is 6.34. The fourth-order valence-electron chi connectivity index (χ4n) is 2.62. The minimum absolute atomic E-state index is 0.162. The van der Waals surface area contributed by atoms with Crippen molar-refractivity contribution < 1.29 is 13.2 Å². The maximum Gasteiger partial charge on any atom is 0.261 e. The van der Waals surface area contributed by atoms with Crippen LogP contribution in [0, 0.1) is 0 Å². The second-order valence-electron chi connectivity index (χ2n) is 6.31. The van der Waals surface area contributed by atoms with Crippen LogP contribution in [0.5, 0.6) is 0 Å². The largest absolute Gasteiger partial charge is 0.298 e. The van der Waals surface area contributed by atoms with Gasteiger partial charge in [-0.15, -0.1) is 11.3 Å². The highest BCUT2D eigenvalue weighted by molar-refractivity contribution is 7.92. The first-order valence-electron chi connectivity index (χ1n) is 8.46. The summed E-state index contributed by atoms with van der Waals surface area (Å²) in [7, 11) is -3.71. The SMILES string of the molecule is O=C(Nc1nc(C2CC2)cs1)c1cccc(NS(=O)(=O)c2ccccc2)c1. The molecule has 27 heavy (non-hydrogen) atoms. The number of hydrogen-bond donors (Lipinski definition) is 2. The van der Waals surface area contributed by atoms with Crippen molar-refractivity contribution in [2.45, 2.75) is 23.7 Å². The van der Waals surface area contributed by atoms with E-state index in [1.54, 1.807) is 36.4 Å². The van der Waals surface area contributed by atoms with E-state index in [4.69, 9.17) is 0 Å². The molecule has 1 amide bonds. The molecule has 1 saturated carbocycles. The van der Waals surface area contributed by atoms with Crippen LogP contribution in [0.3, 0.4) is 0 Å². The van der Waals surface area contributed by atoms with Crippen molar-refractivity contribution >= 4 is 38.1 Å². The molecule has 1 aromatic heterocycles. The second-order valence-corrected chi connectivity index (χ2v) is 8.85. The molecule has 4 rings (SSSR count). The zero-order valence-electron chi connectivity index (χ0n) is 14.3. The molecule has 0 saturated heterocycles. The van der Waals surface area contributed by atoms with E-state index in [1.807, 2.05) is 5.38 Å². The van der Waals surface area contributed by atoms with E-state index in [2.05, 4.69) is 15.0 Å². The van der Waals surface area contributed by atoms with Crippen molar-refractivity contribution in [2.75, 3.05) is 10.0 Å². The van der Waals surface area contributed by atoms with Crippen LogP contribution in [-0.2, 0) is 10.0 Å². The Morgan fingerprint density at radius 3 is 2.59 bits per heavy atom. The Labute approximate surface area is 161 Å². The van der Waals surface area contributed by atoms with Crippen LogP contribution < -0.4 is 10.0 Å². The molecule has 2 N–H and O–H groups in total. The average molecular weight is 399 g/mol. The van der Waals surface area contributed by atoms with Crippen LogP contribution in [0.15, 0.2) is 64.9 Å². The number of thiazole rings is 1. The smallest absolute Gasteiger partial charge is 0.261 e. The maximum atomic E-state index is 12.5. The number of nitrogens with zero attached hydrogens (tertiary/aromatic N) is 1. The molecule has 1 aliphatic rings. The monoisotopic (exact) mass is 399 g/mol. The molecule has 0 spiro atoms. The Balaban J connectivity index is 1.48. The molecule has 0 atom stereocenters. The van der Waals surface area contributed by atoms with E-state index in [0.717, 1.165) is 18.5 Å². The first-order chi connectivity index (χ1) is 13.0. The summed E-state index contributed by atoms with van der Waals surface area (Å²) in [6.07, 6.45) is 2.31. The highest BCUT2D eigenvalue weighted by Gasteiger charge is 2.26. The molecular formula is C19H17N3O3S2. The molecule has 1 aliphatic carbocycles. The standard InChI is InChI=1S/C19H17N3O3S2/c23-18(21-19-20-17(12-26-19)13-9-10-13)14-5-4-6-15(11-14)22-27(24,25)16-7-2-1-3-8-16/h1-8,11-13,22H,9-10H2,(H,20,21,23). The molecule has 1 heterocycles. The zero-order chi connectivity index (χ0) is 18.9. The van der Waals surface area contributed by atoms with Crippen molar-refractivity contribution in [3.63, 3.8) is 0 Å². The lowest BCUT2D eigenvalue weighted by molar-refractivity contribution is 0.102. The van der Waals surface area contributed by atoms with Crippen LogP contribution in [0.25, 0.3) is 0 Å². The molecule has 1 fully saturated rings. The summed E-state index contributed by atoms with van der Waals surface area (Å²) in [5.41, 5.74) is 1.70. The normalized spacial score (nSPS) is 13.9. The number of anilines is 2. The lowest BCUT2D eigenvalue weighted by Crippen LogP contribution is -2.15. The summed E-state index contributed by atoms with van der Waals surface area (Å²) in [6, 6.07) is 14.5. The predicted octanol–water partition coefficient (Wildman–Crippen LogP) is 4.07. The number of rotatable bonds is 6. The Morgan fingerprint density at radius 1 is 1.07 bits per heavy atom. The fraction of sp³-hybridized carbons (Fsp3) is 0.158. The van der Waals surface area contributed by atoms with Gasteiger partial charge >= 0.3 is 0 Å². The Bertz CT molecular complexity index is 1070. The number of hydrogen-bond acceptors (Lipinski definition) is 5. The lowest BCUT2D eigenvalue weighted by Gasteiger charge is -2.09. The fourth-order valence-corrected chi connectivity index (χ4v) is 4.47. The third kappa shape index (κ3) is 4.17. The van der Waals surface area contributed by atoms with Crippen molar-refractivity contribution in [3.8, 4) is 0 Å². The predicted molar refractivity (Wildman–Crippen MR) is 106 cm³/mol. The van der Waals surface area contributed by atoms with Gasteiger partial charge in [-0.05, 0) is 43.2 Å². The molecule has 2 aromatic carbocycles. The number of amides is 1. The number of nitrogens with one attached hydrogen (secondary N) is 2. The van der Waals surface area contributed by atoms with Gasteiger partial charge in [-0.1, -0.05) is 24.3 Å². The molecule has 6 nitrogen and oxygen atoms in total. The summed E-state index contributed by atoms with van der Waals surface area (Å²) in [5.74, 6) is 0.204. The highest BCUT2D eigenvalue weighted by Crippen LogP contribution is 2.40. The van der Waals surface area contributed by atoms with E-state index in [1.165, 1.54) is 29.5 Å². The first-order valence-corrected chi connectivity index (χ1v) is 10.8. The third-order valence-electron chi connectivity index (χ3n) is 4.17. The minimum Gasteiger partial charge on any atom is -0.298 e. The van der Waals surface area contributed by atoms with Crippen molar-refractivity contribution in [2.24, 2.45) is 0 Å². The Morgan fingerprint density at radius 2 is 1.85 bits per heavy atom. The number of sulfonamides is 1. The Kier molecular flexibility index (Phi) is 4.67. The quantitative estimate of drug-likeness (QED) is 0.654. The van der Waals surface area contributed by atoms with Crippen LogP contribution in [0.2, 0.25) is 0 Å². The van der Waals surface area contributed by atoms with Gasteiger partial charge in [-0.3, -0.25) is 14.8 Å². The van der Waals surface area contributed by atoms with Crippen molar-refractivity contribution in [3.05, 3.63) is 71.2 Å². The second kappa shape index (κ2) is 7.13. The molecule has 8 heteroatoms. The number of benzene rings is 2. The van der Waals surface area contributed by atoms with Crippen LogP contribution in [0.1, 0.15) is 34.8 Å². The molecule has 0 radical (unpaired) electrons. The first kappa shape index (κ1) is 17.7. The summed E-state index contributed by atoms with van der Waals surface area (Å²) in [6.45, 7) is 0. The van der Waals surface area contributed by atoms with Gasteiger partial charge in [-0.2, -0.15) is 0 Å². The number of aromatic nitrogens is 1. The van der Waals surface area contributed by atoms with Crippen LogP contribution in [-0.4, -0.2) is 19.3 Å². The van der Waals surface area contributed by atoms with Crippen molar-refractivity contribution in [1.29, 1.82) is 0 Å². The van der Waals surface area contributed by atoms with Crippen LogP contribution >= 0.6 is 11.3 Å². The molecular weight excluding hydrogens is 382 g/mol. The summed E-state index contributed by atoms with van der Waals surface area (Å²) < 4.78 is 27.4. The highest BCUT2D eigenvalue weighted by atomic mass is 32.2. The summed E-state index contributed by atoms with van der Waals surface area (Å²) in [4.78, 5) is 17.1. The lowest BCUT2D eigenvalue weighted by atomic mass is 10.2. The van der Waals surface area contributed by atoms with E-state index >= 15 is 0 Å². The van der Waals surface area contributed by atoms with Gasteiger partial charge in [0.05, 0.1) is 10.6 Å². The molecule has 138 valence electrons. The van der Waals surface area contributed by atoms with Gasteiger partial charge in [0.15, 0.2) is 5.13 Å².